The first-order valence-corrected chi connectivity index (χ1v) is 5.93. The first kappa shape index (κ1) is 13.1. The summed E-state index contributed by atoms with van der Waals surface area (Å²) in [7, 11) is 3.20. The van der Waals surface area contributed by atoms with Gasteiger partial charge in [-0.1, -0.05) is 18.2 Å². The van der Waals surface area contributed by atoms with Gasteiger partial charge in [-0.2, -0.15) is 0 Å². The Morgan fingerprint density at radius 1 is 1.32 bits per heavy atom. The SMILES string of the molecule is COC(=O)C(NC(C)=O)c1cn(C)c2ccccc12. The molecule has 1 aromatic heterocycles. The molecule has 0 bridgehead atoms. The Bertz CT molecular complexity index is 631. The molecule has 0 aliphatic carbocycles. The molecule has 1 unspecified atom stereocenters. The van der Waals surface area contributed by atoms with Crippen LogP contribution in [0.5, 0.6) is 0 Å². The maximum Gasteiger partial charge on any atom is 0.333 e. The van der Waals surface area contributed by atoms with Crippen LogP contribution in [0.1, 0.15) is 18.5 Å². The Hall–Kier alpha value is -2.30. The molecule has 19 heavy (non-hydrogen) atoms. The van der Waals surface area contributed by atoms with Gasteiger partial charge in [0.2, 0.25) is 5.91 Å². The number of hydrogen-bond acceptors (Lipinski definition) is 3. The number of methoxy groups -OCH3 is 1. The zero-order valence-electron chi connectivity index (χ0n) is 11.1. The van der Waals surface area contributed by atoms with Crippen molar-refractivity contribution in [2.75, 3.05) is 7.11 Å². The molecule has 1 amide bonds. The molecular formula is C14H16N2O3. The zero-order valence-corrected chi connectivity index (χ0v) is 11.1. The van der Waals surface area contributed by atoms with E-state index in [1.807, 2.05) is 42.1 Å². The summed E-state index contributed by atoms with van der Waals surface area (Å²) in [5, 5.41) is 3.55. The lowest BCUT2D eigenvalue weighted by atomic mass is 10.1. The molecule has 5 heteroatoms. The van der Waals surface area contributed by atoms with Crippen molar-refractivity contribution < 1.29 is 14.3 Å². The third-order valence-corrected chi connectivity index (χ3v) is 3.02. The Labute approximate surface area is 111 Å². The lowest BCUT2D eigenvalue weighted by Crippen LogP contribution is -2.32. The number of hydrogen-bond donors (Lipinski definition) is 1. The van der Waals surface area contributed by atoms with Gasteiger partial charge in [0.1, 0.15) is 0 Å². The predicted molar refractivity (Wildman–Crippen MR) is 71.5 cm³/mol. The fraction of sp³-hybridized carbons (Fsp3) is 0.286. The van der Waals surface area contributed by atoms with E-state index in [-0.39, 0.29) is 5.91 Å². The lowest BCUT2D eigenvalue weighted by molar-refractivity contribution is -0.145. The average molecular weight is 260 g/mol. The minimum atomic E-state index is -0.784. The number of benzene rings is 1. The lowest BCUT2D eigenvalue weighted by Gasteiger charge is -2.14. The second kappa shape index (κ2) is 5.14. The molecule has 1 heterocycles. The third-order valence-electron chi connectivity index (χ3n) is 3.02. The van der Waals surface area contributed by atoms with Crippen LogP contribution in [0.15, 0.2) is 30.5 Å². The van der Waals surface area contributed by atoms with Crippen LogP contribution in [0.3, 0.4) is 0 Å². The molecule has 2 rings (SSSR count). The van der Waals surface area contributed by atoms with Crippen molar-refractivity contribution in [2.24, 2.45) is 7.05 Å². The molecule has 1 aromatic carbocycles. The molecular weight excluding hydrogens is 244 g/mol. The number of fused-ring (bicyclic) bond motifs is 1. The molecule has 0 saturated carbocycles. The van der Waals surface area contributed by atoms with Crippen molar-refractivity contribution in [3.8, 4) is 0 Å². The Balaban J connectivity index is 2.55. The highest BCUT2D eigenvalue weighted by Crippen LogP contribution is 2.26. The Kier molecular flexibility index (Phi) is 3.55. The number of amides is 1. The van der Waals surface area contributed by atoms with E-state index in [0.29, 0.717) is 0 Å². The van der Waals surface area contributed by atoms with Gasteiger partial charge in [-0.25, -0.2) is 4.79 Å². The average Bonchev–Trinajstić information content (AvgIpc) is 2.73. The fourth-order valence-corrected chi connectivity index (χ4v) is 2.19. The third kappa shape index (κ3) is 2.45. The van der Waals surface area contributed by atoms with Crippen LogP contribution in [0, 0.1) is 0 Å². The van der Waals surface area contributed by atoms with Crippen molar-refractivity contribution in [3.63, 3.8) is 0 Å². The van der Waals surface area contributed by atoms with Gasteiger partial charge in [0, 0.05) is 36.6 Å². The van der Waals surface area contributed by atoms with E-state index in [1.54, 1.807) is 0 Å². The fourth-order valence-electron chi connectivity index (χ4n) is 2.19. The number of para-hydroxylation sites is 1. The van der Waals surface area contributed by atoms with Crippen molar-refractivity contribution in [1.82, 2.24) is 9.88 Å². The standard InChI is InChI=1S/C14H16N2O3/c1-9(17)15-13(14(18)19-3)11-8-16(2)12-7-5-4-6-10(11)12/h4-8,13H,1-3H3,(H,15,17). The van der Waals surface area contributed by atoms with Crippen molar-refractivity contribution in [1.29, 1.82) is 0 Å². The summed E-state index contributed by atoms with van der Waals surface area (Å²) in [6.07, 6.45) is 1.84. The summed E-state index contributed by atoms with van der Waals surface area (Å²) >= 11 is 0. The van der Waals surface area contributed by atoms with E-state index in [4.69, 9.17) is 4.74 Å². The van der Waals surface area contributed by atoms with Gasteiger partial charge in [0.25, 0.3) is 0 Å². The molecule has 1 atom stereocenters. The van der Waals surface area contributed by atoms with E-state index in [1.165, 1.54) is 14.0 Å². The number of aryl methyl sites for hydroxylation is 1. The highest BCUT2D eigenvalue weighted by Gasteiger charge is 2.25. The van der Waals surface area contributed by atoms with Crippen LogP contribution in [0.2, 0.25) is 0 Å². The molecule has 0 spiro atoms. The molecule has 100 valence electrons. The second-order valence-electron chi connectivity index (χ2n) is 4.37. The first-order chi connectivity index (χ1) is 9.04. The van der Waals surface area contributed by atoms with Crippen LogP contribution < -0.4 is 5.32 Å². The Morgan fingerprint density at radius 2 is 2.00 bits per heavy atom. The number of esters is 1. The van der Waals surface area contributed by atoms with Gasteiger partial charge in [-0.05, 0) is 6.07 Å². The highest BCUT2D eigenvalue weighted by molar-refractivity contribution is 5.92. The molecule has 5 nitrogen and oxygen atoms in total. The summed E-state index contributed by atoms with van der Waals surface area (Å²) < 4.78 is 6.68. The molecule has 2 aromatic rings. The summed E-state index contributed by atoms with van der Waals surface area (Å²) in [4.78, 5) is 23.1. The minimum Gasteiger partial charge on any atom is -0.467 e. The smallest absolute Gasteiger partial charge is 0.333 e. The van der Waals surface area contributed by atoms with Crippen molar-refractivity contribution >= 4 is 22.8 Å². The van der Waals surface area contributed by atoms with Crippen molar-refractivity contribution in [2.45, 2.75) is 13.0 Å². The maximum absolute atomic E-state index is 11.9. The van der Waals surface area contributed by atoms with Crippen molar-refractivity contribution in [3.05, 3.63) is 36.0 Å². The van der Waals surface area contributed by atoms with Crippen LogP contribution in [0.4, 0.5) is 0 Å². The van der Waals surface area contributed by atoms with E-state index < -0.39 is 12.0 Å². The monoisotopic (exact) mass is 260 g/mol. The highest BCUT2D eigenvalue weighted by atomic mass is 16.5. The van der Waals surface area contributed by atoms with Crippen LogP contribution in [0.25, 0.3) is 10.9 Å². The predicted octanol–water partition coefficient (Wildman–Crippen LogP) is 1.53. The number of ether oxygens (including phenoxy) is 1. The van der Waals surface area contributed by atoms with Gasteiger partial charge >= 0.3 is 5.97 Å². The molecule has 0 aliphatic rings. The molecule has 0 fully saturated rings. The largest absolute Gasteiger partial charge is 0.467 e. The van der Waals surface area contributed by atoms with Gasteiger partial charge in [-0.15, -0.1) is 0 Å². The van der Waals surface area contributed by atoms with Crippen LogP contribution in [-0.4, -0.2) is 23.6 Å². The van der Waals surface area contributed by atoms with Crippen LogP contribution in [-0.2, 0) is 21.4 Å². The number of nitrogens with one attached hydrogen (secondary N) is 1. The summed E-state index contributed by atoms with van der Waals surface area (Å²) in [5.74, 6) is -0.755. The number of aromatic nitrogens is 1. The summed E-state index contributed by atoms with van der Waals surface area (Å²) in [6.45, 7) is 1.38. The number of nitrogens with zero attached hydrogens (tertiary/aromatic N) is 1. The molecule has 1 N–H and O–H groups in total. The first-order valence-electron chi connectivity index (χ1n) is 5.93. The summed E-state index contributed by atoms with van der Waals surface area (Å²) in [5.41, 5.74) is 1.73. The number of carbonyl (C=O) groups excluding carboxylic acids is 2. The zero-order chi connectivity index (χ0) is 14.0. The topological polar surface area (TPSA) is 60.3 Å². The molecule has 0 radical (unpaired) electrons. The normalized spacial score (nSPS) is 12.2. The van der Waals surface area contributed by atoms with Gasteiger partial charge in [0.05, 0.1) is 7.11 Å². The Morgan fingerprint density at radius 3 is 2.63 bits per heavy atom. The number of rotatable bonds is 3. The maximum atomic E-state index is 11.9. The van der Waals surface area contributed by atoms with Gasteiger partial charge in [0.15, 0.2) is 6.04 Å². The summed E-state index contributed by atoms with van der Waals surface area (Å²) in [6, 6.07) is 6.92. The van der Waals surface area contributed by atoms with Gasteiger partial charge in [-0.3, -0.25) is 4.79 Å². The minimum absolute atomic E-state index is 0.275. The van der Waals surface area contributed by atoms with E-state index in [0.717, 1.165) is 16.5 Å². The van der Waals surface area contributed by atoms with E-state index >= 15 is 0 Å². The quantitative estimate of drug-likeness (QED) is 0.851. The van der Waals surface area contributed by atoms with Crippen LogP contribution >= 0.6 is 0 Å². The number of carbonyl (C=O) groups is 2. The van der Waals surface area contributed by atoms with Gasteiger partial charge < -0.3 is 14.6 Å². The second-order valence-corrected chi connectivity index (χ2v) is 4.37. The molecule has 0 aliphatic heterocycles. The molecule has 0 saturated heterocycles. The van der Waals surface area contributed by atoms with E-state index in [2.05, 4.69) is 5.32 Å². The van der Waals surface area contributed by atoms with E-state index in [9.17, 15) is 9.59 Å².